The number of halogens is 2. The van der Waals surface area contributed by atoms with Gasteiger partial charge in [0.15, 0.2) is 11.6 Å². The van der Waals surface area contributed by atoms with Gasteiger partial charge in [0.25, 0.3) is 0 Å². The summed E-state index contributed by atoms with van der Waals surface area (Å²) in [6.07, 6.45) is 0. The molecule has 0 aliphatic heterocycles. The van der Waals surface area contributed by atoms with Gasteiger partial charge in [-0.2, -0.15) is 0 Å². The minimum Gasteiger partial charge on any atom is -0.391 e. The molecule has 0 fully saturated rings. The topological polar surface area (TPSA) is 66.4 Å². The Kier molecular flexibility index (Phi) is 4.72. The zero-order valence-corrected chi connectivity index (χ0v) is 12.7. The molecule has 0 bridgehead atoms. The lowest BCUT2D eigenvalue weighted by Crippen LogP contribution is -2.22. The fourth-order valence-corrected chi connectivity index (χ4v) is 4.19. The van der Waals surface area contributed by atoms with Gasteiger partial charge in [-0.15, -0.1) is 11.3 Å². The Labute approximate surface area is 125 Å². The molecule has 1 heterocycles. The van der Waals surface area contributed by atoms with Crippen LogP contribution in [-0.2, 0) is 23.2 Å². The van der Waals surface area contributed by atoms with E-state index in [1.54, 1.807) is 6.92 Å². The minimum absolute atomic E-state index is 0.0756. The van der Waals surface area contributed by atoms with Gasteiger partial charge in [-0.05, 0) is 36.2 Å². The van der Waals surface area contributed by atoms with E-state index in [4.69, 9.17) is 5.11 Å². The van der Waals surface area contributed by atoms with E-state index in [0.29, 0.717) is 16.0 Å². The van der Waals surface area contributed by atoms with Gasteiger partial charge in [0.1, 0.15) is 4.21 Å². The lowest BCUT2D eigenvalue weighted by Gasteiger charge is -2.05. The van der Waals surface area contributed by atoms with E-state index in [9.17, 15) is 17.2 Å². The predicted molar refractivity (Wildman–Crippen MR) is 75.4 cm³/mol. The summed E-state index contributed by atoms with van der Waals surface area (Å²) in [5.41, 5.74) is 1.00. The number of aliphatic hydroxyl groups excluding tert-OH is 1. The summed E-state index contributed by atoms with van der Waals surface area (Å²) in [7, 11) is -3.75. The van der Waals surface area contributed by atoms with Crippen molar-refractivity contribution in [3.63, 3.8) is 0 Å². The standard InChI is InChI=1S/C13H13F2NO3S2/c1-8-4-13(20-12(8)7-17)21(18,19)16-6-9-2-3-10(14)11(15)5-9/h2-5,16-17H,6-7H2,1H3. The molecule has 0 amide bonds. The summed E-state index contributed by atoms with van der Waals surface area (Å²) in [6, 6.07) is 4.65. The number of rotatable bonds is 5. The Bertz CT molecular complexity index is 757. The molecule has 0 atom stereocenters. The zero-order chi connectivity index (χ0) is 15.6. The first-order chi connectivity index (χ1) is 9.83. The summed E-state index contributed by atoms with van der Waals surface area (Å²) in [5.74, 6) is -2.01. The van der Waals surface area contributed by atoms with Crippen LogP contribution >= 0.6 is 11.3 Å². The third-order valence-electron chi connectivity index (χ3n) is 2.86. The number of benzene rings is 1. The molecule has 0 radical (unpaired) electrons. The molecule has 8 heteroatoms. The van der Waals surface area contributed by atoms with Gasteiger partial charge in [-0.25, -0.2) is 21.9 Å². The summed E-state index contributed by atoms with van der Waals surface area (Å²) in [6.45, 7) is 1.33. The second kappa shape index (κ2) is 6.18. The van der Waals surface area contributed by atoms with Gasteiger partial charge < -0.3 is 5.11 Å². The lowest BCUT2D eigenvalue weighted by atomic mass is 10.2. The first-order valence-corrected chi connectivity index (χ1v) is 8.27. The summed E-state index contributed by atoms with van der Waals surface area (Å²) < 4.78 is 52.4. The number of sulfonamides is 1. The third-order valence-corrected chi connectivity index (χ3v) is 5.95. The monoisotopic (exact) mass is 333 g/mol. The number of aryl methyl sites for hydroxylation is 1. The van der Waals surface area contributed by atoms with Crippen LogP contribution in [0.1, 0.15) is 16.0 Å². The maximum atomic E-state index is 13.0. The van der Waals surface area contributed by atoms with Gasteiger partial charge in [0.2, 0.25) is 10.0 Å². The van der Waals surface area contributed by atoms with Crippen LogP contribution in [0.5, 0.6) is 0 Å². The largest absolute Gasteiger partial charge is 0.391 e. The molecule has 1 aromatic heterocycles. The van der Waals surface area contributed by atoms with Crippen molar-refractivity contribution in [2.24, 2.45) is 0 Å². The normalized spacial score (nSPS) is 11.8. The molecule has 114 valence electrons. The molecule has 0 spiro atoms. The second-order valence-corrected chi connectivity index (χ2v) is 7.53. The van der Waals surface area contributed by atoms with Crippen molar-refractivity contribution in [1.82, 2.24) is 4.72 Å². The van der Waals surface area contributed by atoms with Crippen LogP contribution in [0, 0.1) is 18.6 Å². The highest BCUT2D eigenvalue weighted by Gasteiger charge is 2.18. The van der Waals surface area contributed by atoms with E-state index < -0.39 is 21.7 Å². The fourth-order valence-electron chi connectivity index (χ4n) is 1.68. The zero-order valence-electron chi connectivity index (χ0n) is 11.1. The van der Waals surface area contributed by atoms with E-state index in [0.717, 1.165) is 23.5 Å². The van der Waals surface area contributed by atoms with Gasteiger partial charge in [-0.1, -0.05) is 6.07 Å². The van der Waals surface area contributed by atoms with Crippen LogP contribution in [0.25, 0.3) is 0 Å². The number of hydrogen-bond acceptors (Lipinski definition) is 4. The summed E-state index contributed by atoms with van der Waals surface area (Å²) in [4.78, 5) is 0.572. The average Bonchev–Trinajstić information content (AvgIpc) is 2.82. The predicted octanol–water partition coefficient (Wildman–Crippen LogP) is 2.31. The SMILES string of the molecule is Cc1cc(S(=O)(=O)NCc2ccc(F)c(F)c2)sc1CO. The van der Waals surface area contributed by atoms with E-state index in [1.807, 2.05) is 0 Å². The third kappa shape index (κ3) is 3.65. The first kappa shape index (κ1) is 16.0. The maximum absolute atomic E-state index is 13.0. The van der Waals surface area contributed by atoms with Crippen LogP contribution in [0.15, 0.2) is 28.5 Å². The molecule has 2 N–H and O–H groups in total. The van der Waals surface area contributed by atoms with Crippen LogP contribution in [-0.4, -0.2) is 13.5 Å². The lowest BCUT2D eigenvalue weighted by molar-refractivity contribution is 0.285. The van der Waals surface area contributed by atoms with Crippen LogP contribution in [0.2, 0.25) is 0 Å². The molecule has 2 aromatic rings. The van der Waals surface area contributed by atoms with Crippen molar-refractivity contribution in [1.29, 1.82) is 0 Å². The van der Waals surface area contributed by atoms with Gasteiger partial charge in [0.05, 0.1) is 6.61 Å². The van der Waals surface area contributed by atoms with E-state index >= 15 is 0 Å². The maximum Gasteiger partial charge on any atom is 0.250 e. The van der Waals surface area contributed by atoms with Crippen LogP contribution < -0.4 is 4.72 Å². The summed E-state index contributed by atoms with van der Waals surface area (Å²) in [5, 5.41) is 9.08. The molecule has 0 aliphatic carbocycles. The van der Waals surface area contributed by atoms with Gasteiger partial charge >= 0.3 is 0 Å². The molecule has 1 aromatic carbocycles. The van der Waals surface area contributed by atoms with Crippen molar-refractivity contribution in [3.05, 3.63) is 51.9 Å². The molecular formula is C13H13F2NO3S2. The summed E-state index contributed by atoms with van der Waals surface area (Å²) >= 11 is 0.973. The van der Waals surface area contributed by atoms with Crippen LogP contribution in [0.3, 0.4) is 0 Å². The molecule has 21 heavy (non-hydrogen) atoms. The Hall–Kier alpha value is -1.35. The number of hydrogen-bond donors (Lipinski definition) is 2. The second-order valence-electron chi connectivity index (χ2n) is 4.40. The van der Waals surface area contributed by atoms with Gasteiger partial charge in [-0.3, -0.25) is 0 Å². The minimum atomic E-state index is -3.75. The number of nitrogens with one attached hydrogen (secondary N) is 1. The average molecular weight is 333 g/mol. The van der Waals surface area contributed by atoms with Gasteiger partial charge in [0, 0.05) is 11.4 Å². The molecule has 0 aliphatic rings. The Balaban J connectivity index is 2.15. The number of aliphatic hydroxyl groups is 1. The molecule has 0 unspecified atom stereocenters. The molecule has 2 rings (SSSR count). The fraction of sp³-hybridized carbons (Fsp3) is 0.231. The molecule has 0 saturated carbocycles. The highest BCUT2D eigenvalue weighted by molar-refractivity contribution is 7.91. The Morgan fingerprint density at radius 2 is 1.95 bits per heavy atom. The highest BCUT2D eigenvalue weighted by Crippen LogP contribution is 2.26. The van der Waals surface area contributed by atoms with E-state index in [-0.39, 0.29) is 17.4 Å². The molecular weight excluding hydrogens is 320 g/mol. The van der Waals surface area contributed by atoms with Crippen molar-refractivity contribution in [2.45, 2.75) is 24.3 Å². The molecule has 4 nitrogen and oxygen atoms in total. The van der Waals surface area contributed by atoms with Crippen LogP contribution in [0.4, 0.5) is 8.78 Å². The van der Waals surface area contributed by atoms with E-state index in [1.165, 1.54) is 12.1 Å². The Morgan fingerprint density at radius 3 is 2.52 bits per heavy atom. The van der Waals surface area contributed by atoms with Crippen molar-refractivity contribution >= 4 is 21.4 Å². The smallest absolute Gasteiger partial charge is 0.250 e. The van der Waals surface area contributed by atoms with Crippen molar-refractivity contribution in [2.75, 3.05) is 0 Å². The van der Waals surface area contributed by atoms with Crippen molar-refractivity contribution < 1.29 is 22.3 Å². The molecule has 0 saturated heterocycles. The quantitative estimate of drug-likeness (QED) is 0.882. The Morgan fingerprint density at radius 1 is 1.24 bits per heavy atom. The highest BCUT2D eigenvalue weighted by atomic mass is 32.2. The van der Waals surface area contributed by atoms with Crippen molar-refractivity contribution in [3.8, 4) is 0 Å². The number of thiophene rings is 1. The first-order valence-electron chi connectivity index (χ1n) is 5.97. The van der Waals surface area contributed by atoms with E-state index in [2.05, 4.69) is 4.72 Å².